The maximum absolute atomic E-state index is 6.72. The average molecular weight is 678 g/mol. The number of nitrogens with zero attached hydrogens (tertiary/aromatic N) is 3. The van der Waals surface area contributed by atoms with Gasteiger partial charge in [0.05, 0.1) is 0 Å². The van der Waals surface area contributed by atoms with Crippen molar-refractivity contribution in [3.05, 3.63) is 188 Å². The average Bonchev–Trinajstić information content (AvgIpc) is 3.63. The van der Waals surface area contributed by atoms with E-state index in [1.807, 2.05) is 42.5 Å². The summed E-state index contributed by atoms with van der Waals surface area (Å²) in [6.45, 7) is 0. The third-order valence-electron chi connectivity index (χ3n) is 9.94. The van der Waals surface area contributed by atoms with E-state index in [1.54, 1.807) is 0 Å². The molecule has 2 aromatic heterocycles. The number of rotatable bonds is 6. The van der Waals surface area contributed by atoms with E-state index in [1.165, 1.54) is 0 Å². The molecule has 0 aliphatic heterocycles. The Morgan fingerprint density at radius 1 is 0.264 bits per heavy atom. The molecule has 248 valence electrons. The number of fused-ring (bicyclic) bond motifs is 5. The maximum atomic E-state index is 6.72. The monoisotopic (exact) mass is 677 g/mol. The maximum Gasteiger partial charge on any atom is 0.164 e. The van der Waals surface area contributed by atoms with Crippen LogP contribution in [-0.2, 0) is 0 Å². The van der Waals surface area contributed by atoms with E-state index >= 15 is 0 Å². The van der Waals surface area contributed by atoms with E-state index in [4.69, 9.17) is 19.4 Å². The molecule has 0 fully saturated rings. The quantitative estimate of drug-likeness (QED) is 0.176. The van der Waals surface area contributed by atoms with Crippen molar-refractivity contribution in [2.75, 3.05) is 0 Å². The largest absolute Gasteiger partial charge is 0.455 e. The minimum Gasteiger partial charge on any atom is -0.455 e. The van der Waals surface area contributed by atoms with Crippen LogP contribution in [0, 0.1) is 0 Å². The molecule has 10 rings (SSSR count). The predicted octanol–water partition coefficient (Wildman–Crippen LogP) is 12.9. The Balaban J connectivity index is 1.09. The molecular weight excluding hydrogens is 647 g/mol. The van der Waals surface area contributed by atoms with Crippen molar-refractivity contribution in [3.63, 3.8) is 0 Å². The van der Waals surface area contributed by atoms with Gasteiger partial charge < -0.3 is 4.42 Å². The first-order valence-corrected chi connectivity index (χ1v) is 17.8. The summed E-state index contributed by atoms with van der Waals surface area (Å²) in [6, 6.07) is 65.1. The van der Waals surface area contributed by atoms with E-state index in [0.717, 1.165) is 82.8 Å². The minimum absolute atomic E-state index is 0.625. The van der Waals surface area contributed by atoms with Gasteiger partial charge in [-0.05, 0) is 45.3 Å². The molecule has 0 N–H and O–H groups in total. The lowest BCUT2D eigenvalue weighted by Gasteiger charge is -2.11. The summed E-state index contributed by atoms with van der Waals surface area (Å²) in [5.41, 5.74) is 11.3. The van der Waals surface area contributed by atoms with Crippen molar-refractivity contribution >= 4 is 32.7 Å². The zero-order chi connectivity index (χ0) is 35.1. The predicted molar refractivity (Wildman–Crippen MR) is 217 cm³/mol. The second-order valence-corrected chi connectivity index (χ2v) is 13.2. The summed E-state index contributed by atoms with van der Waals surface area (Å²) >= 11 is 0. The van der Waals surface area contributed by atoms with E-state index in [2.05, 4.69) is 146 Å². The van der Waals surface area contributed by atoms with Crippen molar-refractivity contribution < 1.29 is 4.42 Å². The van der Waals surface area contributed by atoms with Crippen molar-refractivity contribution in [1.82, 2.24) is 15.0 Å². The van der Waals surface area contributed by atoms with Gasteiger partial charge in [0.2, 0.25) is 0 Å². The van der Waals surface area contributed by atoms with Crippen molar-refractivity contribution in [3.8, 4) is 67.5 Å². The van der Waals surface area contributed by atoms with Gasteiger partial charge in [0.25, 0.3) is 0 Å². The molecule has 0 aliphatic rings. The first-order valence-electron chi connectivity index (χ1n) is 17.8. The second-order valence-electron chi connectivity index (χ2n) is 13.2. The van der Waals surface area contributed by atoms with Crippen LogP contribution in [0.4, 0.5) is 0 Å². The standard InChI is InChI=1S/C49H31N3O/c1-4-14-32(15-5-1)37-20-12-21-38(30-37)49-51-47(35-18-8-3-9-19-35)50-48(52-49)36-28-26-34(27-29-36)43-31-44-42-25-13-24-39(33-16-6-2-7-17-33)45(42)53-46(44)41-23-11-10-22-40(41)43/h1-31H. The Bertz CT molecular complexity index is 2920. The SMILES string of the molecule is c1ccc(-c2cccc(-c3nc(-c4ccccc4)nc(-c4ccc(-c5cc6c7cccc(-c8ccccc8)c7oc6c6ccccc56)cc4)n3)c2)cc1. The van der Waals surface area contributed by atoms with E-state index in [0.29, 0.717) is 17.5 Å². The van der Waals surface area contributed by atoms with Gasteiger partial charge in [-0.1, -0.05) is 176 Å². The van der Waals surface area contributed by atoms with Crippen LogP contribution in [0.5, 0.6) is 0 Å². The Labute approximate surface area is 306 Å². The summed E-state index contributed by atoms with van der Waals surface area (Å²) < 4.78 is 6.72. The first kappa shape index (κ1) is 30.6. The van der Waals surface area contributed by atoms with Crippen LogP contribution in [0.1, 0.15) is 0 Å². The molecule has 0 aliphatic carbocycles. The van der Waals surface area contributed by atoms with Crippen LogP contribution in [-0.4, -0.2) is 15.0 Å². The third-order valence-corrected chi connectivity index (χ3v) is 9.94. The highest BCUT2D eigenvalue weighted by Gasteiger charge is 2.18. The summed E-state index contributed by atoms with van der Waals surface area (Å²) in [6.07, 6.45) is 0. The lowest BCUT2D eigenvalue weighted by atomic mass is 9.94. The molecule has 0 saturated carbocycles. The van der Waals surface area contributed by atoms with Crippen LogP contribution in [0.25, 0.3) is 100 Å². The van der Waals surface area contributed by atoms with Gasteiger partial charge in [-0.3, -0.25) is 0 Å². The molecule has 8 aromatic carbocycles. The summed E-state index contributed by atoms with van der Waals surface area (Å²) in [5, 5.41) is 4.43. The molecule has 0 amide bonds. The van der Waals surface area contributed by atoms with Gasteiger partial charge in [-0.15, -0.1) is 0 Å². The van der Waals surface area contributed by atoms with Gasteiger partial charge in [0.1, 0.15) is 11.2 Å². The summed E-state index contributed by atoms with van der Waals surface area (Å²) in [5.74, 6) is 1.90. The van der Waals surface area contributed by atoms with Gasteiger partial charge in [0, 0.05) is 38.4 Å². The zero-order valence-corrected chi connectivity index (χ0v) is 28.6. The number of aromatic nitrogens is 3. The second kappa shape index (κ2) is 12.9. The molecular formula is C49H31N3O. The molecule has 4 heteroatoms. The van der Waals surface area contributed by atoms with Crippen LogP contribution < -0.4 is 0 Å². The van der Waals surface area contributed by atoms with Crippen LogP contribution in [0.15, 0.2) is 192 Å². The van der Waals surface area contributed by atoms with Gasteiger partial charge in [-0.2, -0.15) is 0 Å². The third kappa shape index (κ3) is 5.54. The molecule has 53 heavy (non-hydrogen) atoms. The molecule has 10 aromatic rings. The van der Waals surface area contributed by atoms with E-state index < -0.39 is 0 Å². The van der Waals surface area contributed by atoms with E-state index in [9.17, 15) is 0 Å². The summed E-state index contributed by atoms with van der Waals surface area (Å²) in [4.78, 5) is 15.0. The normalized spacial score (nSPS) is 11.4. The molecule has 0 radical (unpaired) electrons. The van der Waals surface area contributed by atoms with Gasteiger partial charge >= 0.3 is 0 Å². The molecule has 0 atom stereocenters. The molecule has 2 heterocycles. The zero-order valence-electron chi connectivity index (χ0n) is 28.6. The Kier molecular flexibility index (Phi) is 7.43. The van der Waals surface area contributed by atoms with Crippen molar-refractivity contribution in [2.24, 2.45) is 0 Å². The smallest absolute Gasteiger partial charge is 0.164 e. The van der Waals surface area contributed by atoms with E-state index in [-0.39, 0.29) is 0 Å². The van der Waals surface area contributed by atoms with Gasteiger partial charge in [-0.25, -0.2) is 15.0 Å². The molecule has 0 bridgehead atoms. The summed E-state index contributed by atoms with van der Waals surface area (Å²) in [7, 11) is 0. The minimum atomic E-state index is 0.625. The van der Waals surface area contributed by atoms with Crippen LogP contribution in [0.3, 0.4) is 0 Å². The highest BCUT2D eigenvalue weighted by Crippen LogP contribution is 2.42. The molecule has 0 saturated heterocycles. The highest BCUT2D eigenvalue weighted by molar-refractivity contribution is 6.20. The molecule has 0 spiro atoms. The lowest BCUT2D eigenvalue weighted by Crippen LogP contribution is -2.00. The number of para-hydroxylation sites is 1. The number of hydrogen-bond acceptors (Lipinski definition) is 4. The Hall–Kier alpha value is -7.17. The molecule has 0 unspecified atom stereocenters. The van der Waals surface area contributed by atoms with Crippen molar-refractivity contribution in [2.45, 2.75) is 0 Å². The Morgan fingerprint density at radius 3 is 1.42 bits per heavy atom. The lowest BCUT2D eigenvalue weighted by molar-refractivity contribution is 0.674. The molecule has 4 nitrogen and oxygen atoms in total. The first-order chi connectivity index (χ1) is 26.3. The fourth-order valence-electron chi connectivity index (χ4n) is 7.32. The number of benzene rings is 8. The van der Waals surface area contributed by atoms with Crippen LogP contribution >= 0.6 is 0 Å². The number of furan rings is 1. The van der Waals surface area contributed by atoms with Crippen molar-refractivity contribution in [1.29, 1.82) is 0 Å². The highest BCUT2D eigenvalue weighted by atomic mass is 16.3. The van der Waals surface area contributed by atoms with Gasteiger partial charge in [0.15, 0.2) is 17.5 Å². The topological polar surface area (TPSA) is 51.8 Å². The number of hydrogen-bond donors (Lipinski definition) is 0. The fourth-order valence-corrected chi connectivity index (χ4v) is 7.32. The van der Waals surface area contributed by atoms with Crippen LogP contribution in [0.2, 0.25) is 0 Å². The fraction of sp³-hybridized carbons (Fsp3) is 0. The Morgan fingerprint density at radius 2 is 0.717 bits per heavy atom.